The van der Waals surface area contributed by atoms with Crippen LogP contribution in [0.2, 0.25) is 0 Å². The maximum Gasteiger partial charge on any atom is 0.417 e. The number of halogens is 7. The molecule has 0 aliphatic rings. The van der Waals surface area contributed by atoms with E-state index in [9.17, 15) is 26.3 Å². The summed E-state index contributed by atoms with van der Waals surface area (Å²) in [4.78, 5) is 0. The third-order valence-corrected chi connectivity index (χ3v) is 3.76. The number of rotatable bonds is 1. The van der Waals surface area contributed by atoms with Gasteiger partial charge in [0.2, 0.25) is 0 Å². The summed E-state index contributed by atoms with van der Waals surface area (Å²) in [5.74, 6) is 0. The summed E-state index contributed by atoms with van der Waals surface area (Å²) >= 11 is 1.72. The van der Waals surface area contributed by atoms with Crippen LogP contribution in [-0.2, 0) is 12.4 Å². The number of hydrogen-bond acceptors (Lipinski definition) is 0. The van der Waals surface area contributed by atoms with Crippen molar-refractivity contribution in [2.45, 2.75) is 12.4 Å². The quantitative estimate of drug-likeness (QED) is 0.396. The van der Waals surface area contributed by atoms with Gasteiger partial charge in [0.1, 0.15) is 0 Å². The maximum atomic E-state index is 13.0. The van der Waals surface area contributed by atoms with Crippen molar-refractivity contribution < 1.29 is 26.3 Å². The van der Waals surface area contributed by atoms with Gasteiger partial charge >= 0.3 is 12.4 Å². The highest BCUT2D eigenvalue weighted by Gasteiger charge is 2.35. The molecule has 0 aromatic heterocycles. The van der Waals surface area contributed by atoms with Gasteiger partial charge in [0.15, 0.2) is 0 Å². The van der Waals surface area contributed by atoms with Gasteiger partial charge in [0, 0.05) is 3.57 Å². The zero-order valence-corrected chi connectivity index (χ0v) is 12.3. The summed E-state index contributed by atoms with van der Waals surface area (Å²) in [6.07, 6.45) is -9.24. The van der Waals surface area contributed by atoms with Crippen LogP contribution in [-0.4, -0.2) is 0 Å². The van der Waals surface area contributed by atoms with Crippen molar-refractivity contribution in [2.24, 2.45) is 0 Å². The van der Waals surface area contributed by atoms with Gasteiger partial charge in [-0.15, -0.1) is 0 Å². The Kier molecular flexibility index (Phi) is 4.23. The largest absolute Gasteiger partial charge is 0.417 e. The van der Waals surface area contributed by atoms with Crippen molar-refractivity contribution in [3.8, 4) is 11.1 Å². The van der Waals surface area contributed by atoms with E-state index in [4.69, 9.17) is 0 Å². The highest BCUT2D eigenvalue weighted by molar-refractivity contribution is 14.1. The van der Waals surface area contributed by atoms with Gasteiger partial charge < -0.3 is 0 Å². The molecule has 2 aromatic carbocycles. The summed E-state index contributed by atoms with van der Waals surface area (Å²) in [6.45, 7) is 0. The van der Waals surface area contributed by atoms with Crippen molar-refractivity contribution in [3.05, 3.63) is 57.2 Å². The molecule has 0 fully saturated rings. The lowest BCUT2D eigenvalue weighted by atomic mass is 9.97. The summed E-state index contributed by atoms with van der Waals surface area (Å²) in [7, 11) is 0. The summed E-state index contributed by atoms with van der Waals surface area (Å²) < 4.78 is 77.4. The van der Waals surface area contributed by atoms with Gasteiger partial charge in [-0.1, -0.05) is 18.2 Å². The molecule has 0 aliphatic heterocycles. The van der Waals surface area contributed by atoms with Crippen LogP contribution in [0, 0.1) is 3.57 Å². The van der Waals surface area contributed by atoms with Crippen LogP contribution in [0.4, 0.5) is 26.3 Å². The van der Waals surface area contributed by atoms with E-state index < -0.39 is 23.5 Å². The van der Waals surface area contributed by atoms with Crippen LogP contribution < -0.4 is 0 Å². The molecule has 0 radical (unpaired) electrons. The molecule has 112 valence electrons. The standard InChI is InChI=1S/C14H7F6I/c15-13(16,17)8-5-6-12(21)10(7-8)9-3-1-2-4-11(9)14(18,19)20/h1-7H. The first-order chi connectivity index (χ1) is 9.60. The Morgan fingerprint density at radius 3 is 1.90 bits per heavy atom. The van der Waals surface area contributed by atoms with Crippen molar-refractivity contribution in [3.63, 3.8) is 0 Å². The Morgan fingerprint density at radius 2 is 1.33 bits per heavy atom. The van der Waals surface area contributed by atoms with E-state index in [-0.39, 0.29) is 11.1 Å². The molecule has 21 heavy (non-hydrogen) atoms. The number of benzene rings is 2. The third-order valence-electron chi connectivity index (χ3n) is 2.82. The van der Waals surface area contributed by atoms with E-state index >= 15 is 0 Å². The molecule has 2 aromatic rings. The maximum absolute atomic E-state index is 13.0. The van der Waals surface area contributed by atoms with Gasteiger partial charge in [-0.2, -0.15) is 26.3 Å². The Labute approximate surface area is 129 Å². The lowest BCUT2D eigenvalue weighted by Crippen LogP contribution is -2.09. The van der Waals surface area contributed by atoms with Crippen LogP contribution in [0.15, 0.2) is 42.5 Å². The minimum absolute atomic E-state index is 0.0849. The predicted molar refractivity (Wildman–Crippen MR) is 74.6 cm³/mol. The molecule has 0 unspecified atom stereocenters. The Hall–Kier alpha value is -1.25. The molecule has 7 heteroatoms. The topological polar surface area (TPSA) is 0 Å². The molecule has 0 atom stereocenters. The highest BCUT2D eigenvalue weighted by atomic mass is 127. The fraction of sp³-hybridized carbons (Fsp3) is 0.143. The zero-order chi connectivity index (χ0) is 15.8. The molecule has 0 bridgehead atoms. The van der Waals surface area contributed by atoms with Crippen LogP contribution in [0.25, 0.3) is 11.1 Å². The summed E-state index contributed by atoms with van der Waals surface area (Å²) in [5.41, 5.74) is -2.28. The van der Waals surface area contributed by atoms with E-state index in [1.165, 1.54) is 18.2 Å². The molecule has 0 N–H and O–H groups in total. The minimum Gasteiger partial charge on any atom is -0.166 e. The van der Waals surface area contributed by atoms with Crippen LogP contribution in [0.1, 0.15) is 11.1 Å². The van der Waals surface area contributed by atoms with E-state index in [1.807, 2.05) is 0 Å². The average Bonchev–Trinajstić information content (AvgIpc) is 2.37. The summed E-state index contributed by atoms with van der Waals surface area (Å²) in [6, 6.07) is 7.33. The van der Waals surface area contributed by atoms with Crippen molar-refractivity contribution in [1.82, 2.24) is 0 Å². The Morgan fingerprint density at radius 1 is 0.714 bits per heavy atom. The smallest absolute Gasteiger partial charge is 0.166 e. The van der Waals surface area contributed by atoms with Crippen LogP contribution in [0.3, 0.4) is 0 Å². The normalized spacial score (nSPS) is 12.5. The molecule has 0 saturated carbocycles. The van der Waals surface area contributed by atoms with Gasteiger partial charge in [-0.25, -0.2) is 0 Å². The molecular formula is C14H7F6I. The second-order valence-electron chi connectivity index (χ2n) is 4.24. The number of alkyl halides is 6. The average molecular weight is 416 g/mol. The first-order valence-electron chi connectivity index (χ1n) is 5.64. The van der Waals surface area contributed by atoms with Crippen LogP contribution >= 0.6 is 22.6 Å². The molecular weight excluding hydrogens is 409 g/mol. The molecule has 0 heterocycles. The fourth-order valence-electron chi connectivity index (χ4n) is 1.87. The Balaban J connectivity index is 2.68. The number of hydrogen-bond donors (Lipinski definition) is 0. The van der Waals surface area contributed by atoms with Gasteiger partial charge in [0.05, 0.1) is 11.1 Å². The van der Waals surface area contributed by atoms with E-state index in [2.05, 4.69) is 0 Å². The second-order valence-corrected chi connectivity index (χ2v) is 5.40. The fourth-order valence-corrected chi connectivity index (χ4v) is 2.50. The summed E-state index contributed by atoms with van der Waals surface area (Å²) in [5, 5.41) is 0. The SMILES string of the molecule is FC(F)(F)c1ccc(I)c(-c2ccccc2C(F)(F)F)c1. The second kappa shape index (κ2) is 5.51. The lowest BCUT2D eigenvalue weighted by molar-refractivity contribution is -0.137. The molecule has 0 nitrogen and oxygen atoms in total. The van der Waals surface area contributed by atoms with Crippen molar-refractivity contribution >= 4 is 22.6 Å². The van der Waals surface area contributed by atoms with Crippen LogP contribution in [0.5, 0.6) is 0 Å². The first-order valence-corrected chi connectivity index (χ1v) is 6.72. The molecule has 0 saturated heterocycles. The van der Waals surface area contributed by atoms with Gasteiger partial charge in [-0.3, -0.25) is 0 Å². The predicted octanol–water partition coefficient (Wildman–Crippen LogP) is 6.00. The third kappa shape index (κ3) is 3.50. The molecule has 2 rings (SSSR count). The molecule has 0 spiro atoms. The van der Waals surface area contributed by atoms with E-state index in [0.717, 1.165) is 24.3 Å². The first kappa shape index (κ1) is 16.1. The van der Waals surface area contributed by atoms with E-state index in [0.29, 0.717) is 3.57 Å². The zero-order valence-electron chi connectivity index (χ0n) is 10.2. The molecule has 0 amide bonds. The molecule has 0 aliphatic carbocycles. The Bertz CT molecular complexity index is 657. The lowest BCUT2D eigenvalue weighted by Gasteiger charge is -2.15. The van der Waals surface area contributed by atoms with E-state index in [1.54, 1.807) is 22.6 Å². The highest BCUT2D eigenvalue weighted by Crippen LogP contribution is 2.40. The van der Waals surface area contributed by atoms with Crippen molar-refractivity contribution in [1.29, 1.82) is 0 Å². The van der Waals surface area contributed by atoms with Gasteiger partial charge in [0.25, 0.3) is 0 Å². The van der Waals surface area contributed by atoms with Crippen molar-refractivity contribution in [2.75, 3.05) is 0 Å². The monoisotopic (exact) mass is 416 g/mol. The van der Waals surface area contributed by atoms with Gasteiger partial charge in [-0.05, 0) is 58.0 Å². The minimum atomic E-state index is -4.63.